The molecule has 1 amide bonds. The number of carbonyl (C=O) groups excluding carboxylic acids is 1. The van der Waals surface area contributed by atoms with Crippen LogP contribution in [0.2, 0.25) is 0 Å². The molecule has 0 aromatic heterocycles. The second-order valence-electron chi connectivity index (χ2n) is 5.54. The molecule has 0 radical (unpaired) electrons. The van der Waals surface area contributed by atoms with E-state index in [4.69, 9.17) is 4.74 Å². The fourth-order valence-electron chi connectivity index (χ4n) is 2.39. The summed E-state index contributed by atoms with van der Waals surface area (Å²) in [6.07, 6.45) is 3.21. The Morgan fingerprint density at radius 2 is 2.35 bits per heavy atom. The Hall–Kier alpha value is -1.55. The molecular weight excluding hydrogens is 252 g/mol. The van der Waals surface area contributed by atoms with Gasteiger partial charge in [0, 0.05) is 0 Å². The molecule has 1 saturated heterocycles. The van der Waals surface area contributed by atoms with Gasteiger partial charge in [0.05, 0.1) is 12.1 Å². The van der Waals surface area contributed by atoms with Crippen LogP contribution in [-0.2, 0) is 4.79 Å². The van der Waals surface area contributed by atoms with Crippen molar-refractivity contribution in [3.63, 3.8) is 0 Å². The molecule has 1 aromatic carbocycles. The third-order valence-corrected chi connectivity index (χ3v) is 3.50. The van der Waals surface area contributed by atoms with Gasteiger partial charge in [0.25, 0.3) is 0 Å². The zero-order valence-electron chi connectivity index (χ0n) is 12.3. The predicted molar refractivity (Wildman–Crippen MR) is 79.9 cm³/mol. The third-order valence-electron chi connectivity index (χ3n) is 3.50. The van der Waals surface area contributed by atoms with E-state index in [2.05, 4.69) is 10.6 Å². The van der Waals surface area contributed by atoms with Crippen LogP contribution >= 0.6 is 0 Å². The summed E-state index contributed by atoms with van der Waals surface area (Å²) >= 11 is 0. The number of aryl methyl sites for hydroxylation is 1. The van der Waals surface area contributed by atoms with Gasteiger partial charge in [-0.1, -0.05) is 18.6 Å². The summed E-state index contributed by atoms with van der Waals surface area (Å²) in [6.45, 7) is 5.43. The average molecular weight is 276 g/mol. The summed E-state index contributed by atoms with van der Waals surface area (Å²) in [5, 5.41) is 6.26. The van der Waals surface area contributed by atoms with Crippen molar-refractivity contribution in [3.05, 3.63) is 29.8 Å². The van der Waals surface area contributed by atoms with Crippen molar-refractivity contribution in [2.24, 2.45) is 0 Å². The summed E-state index contributed by atoms with van der Waals surface area (Å²) in [5.74, 6) is 0.937. The smallest absolute Gasteiger partial charge is 0.237 e. The maximum Gasteiger partial charge on any atom is 0.237 e. The fraction of sp³-hybridized carbons (Fsp3) is 0.562. The normalized spacial score (nSPS) is 20.2. The van der Waals surface area contributed by atoms with E-state index in [1.165, 1.54) is 5.56 Å². The van der Waals surface area contributed by atoms with Crippen molar-refractivity contribution in [1.29, 1.82) is 0 Å². The van der Waals surface area contributed by atoms with E-state index < -0.39 is 0 Å². The van der Waals surface area contributed by atoms with E-state index in [0.29, 0.717) is 6.61 Å². The van der Waals surface area contributed by atoms with Crippen LogP contribution in [-0.4, -0.2) is 31.1 Å². The molecular formula is C16H24N2O2. The zero-order chi connectivity index (χ0) is 14.4. The number of piperidine rings is 1. The lowest BCUT2D eigenvalue weighted by molar-refractivity contribution is -0.124. The maximum absolute atomic E-state index is 12.0. The van der Waals surface area contributed by atoms with Gasteiger partial charge < -0.3 is 15.4 Å². The van der Waals surface area contributed by atoms with Crippen molar-refractivity contribution in [2.45, 2.75) is 45.2 Å². The number of rotatable bonds is 5. The molecule has 0 bridgehead atoms. The molecule has 0 saturated carbocycles. The van der Waals surface area contributed by atoms with Gasteiger partial charge in [0.1, 0.15) is 12.4 Å². The Bertz CT molecular complexity index is 442. The quantitative estimate of drug-likeness (QED) is 0.865. The van der Waals surface area contributed by atoms with E-state index in [-0.39, 0.29) is 18.0 Å². The number of nitrogens with one attached hydrogen (secondary N) is 2. The summed E-state index contributed by atoms with van der Waals surface area (Å²) in [4.78, 5) is 12.0. The average Bonchev–Trinajstić information content (AvgIpc) is 2.46. The summed E-state index contributed by atoms with van der Waals surface area (Å²) in [7, 11) is 0. The first-order valence-corrected chi connectivity index (χ1v) is 7.38. The molecule has 1 aromatic rings. The van der Waals surface area contributed by atoms with Crippen LogP contribution in [0.15, 0.2) is 24.3 Å². The van der Waals surface area contributed by atoms with E-state index in [1.54, 1.807) is 0 Å². The van der Waals surface area contributed by atoms with Crippen LogP contribution in [0.1, 0.15) is 31.7 Å². The van der Waals surface area contributed by atoms with Crippen molar-refractivity contribution in [1.82, 2.24) is 10.6 Å². The van der Waals surface area contributed by atoms with Gasteiger partial charge in [-0.15, -0.1) is 0 Å². The molecule has 0 aliphatic carbocycles. The first-order chi connectivity index (χ1) is 9.65. The summed E-state index contributed by atoms with van der Waals surface area (Å²) < 4.78 is 5.70. The number of amides is 1. The van der Waals surface area contributed by atoms with E-state index in [9.17, 15) is 4.79 Å². The van der Waals surface area contributed by atoms with Gasteiger partial charge in [0.2, 0.25) is 5.91 Å². The van der Waals surface area contributed by atoms with Crippen LogP contribution in [0.4, 0.5) is 0 Å². The van der Waals surface area contributed by atoms with Crippen molar-refractivity contribution < 1.29 is 9.53 Å². The van der Waals surface area contributed by atoms with Gasteiger partial charge in [-0.2, -0.15) is 0 Å². The number of hydrogen-bond donors (Lipinski definition) is 2. The van der Waals surface area contributed by atoms with Gasteiger partial charge in [-0.05, 0) is 50.9 Å². The standard InChI is InChI=1S/C16H24N2O2/c1-12-6-5-7-14(10-12)20-11-13(2)18-16(19)15-8-3-4-9-17-15/h5-7,10,13,15,17H,3-4,8-9,11H2,1-2H3,(H,18,19). The predicted octanol–water partition coefficient (Wildman–Crippen LogP) is 2.02. The van der Waals surface area contributed by atoms with Crippen molar-refractivity contribution in [2.75, 3.05) is 13.2 Å². The van der Waals surface area contributed by atoms with Gasteiger partial charge in [0.15, 0.2) is 0 Å². The molecule has 0 spiro atoms. The Morgan fingerprint density at radius 1 is 1.50 bits per heavy atom. The number of hydrogen-bond acceptors (Lipinski definition) is 3. The SMILES string of the molecule is Cc1cccc(OCC(C)NC(=O)C2CCCCN2)c1. The lowest BCUT2D eigenvalue weighted by Crippen LogP contribution is -2.50. The minimum atomic E-state index is -0.0369. The molecule has 1 heterocycles. The van der Waals surface area contributed by atoms with E-state index >= 15 is 0 Å². The summed E-state index contributed by atoms with van der Waals surface area (Å²) in [6, 6.07) is 7.91. The molecule has 2 atom stereocenters. The topological polar surface area (TPSA) is 50.4 Å². The molecule has 2 N–H and O–H groups in total. The zero-order valence-corrected chi connectivity index (χ0v) is 12.3. The molecule has 2 rings (SSSR count). The van der Waals surface area contributed by atoms with Gasteiger partial charge in [-0.3, -0.25) is 4.79 Å². The highest BCUT2D eigenvalue weighted by atomic mass is 16.5. The second-order valence-corrected chi connectivity index (χ2v) is 5.54. The minimum absolute atomic E-state index is 0.00624. The Morgan fingerprint density at radius 3 is 3.05 bits per heavy atom. The Balaban J connectivity index is 1.74. The minimum Gasteiger partial charge on any atom is -0.491 e. The maximum atomic E-state index is 12.0. The molecule has 110 valence electrons. The summed E-state index contributed by atoms with van der Waals surface area (Å²) in [5.41, 5.74) is 1.17. The highest BCUT2D eigenvalue weighted by molar-refractivity contribution is 5.82. The molecule has 4 nitrogen and oxygen atoms in total. The number of carbonyl (C=O) groups is 1. The van der Waals surface area contributed by atoms with E-state index in [1.807, 2.05) is 38.1 Å². The molecule has 2 unspecified atom stereocenters. The second kappa shape index (κ2) is 7.29. The lowest BCUT2D eigenvalue weighted by Gasteiger charge is -2.24. The molecule has 1 fully saturated rings. The Kier molecular flexibility index (Phi) is 5.41. The first kappa shape index (κ1) is 14.9. The van der Waals surface area contributed by atoms with Gasteiger partial charge >= 0.3 is 0 Å². The molecule has 1 aliphatic heterocycles. The van der Waals surface area contributed by atoms with Crippen LogP contribution < -0.4 is 15.4 Å². The largest absolute Gasteiger partial charge is 0.491 e. The number of ether oxygens (including phenoxy) is 1. The third kappa shape index (κ3) is 4.53. The highest BCUT2D eigenvalue weighted by Gasteiger charge is 2.21. The van der Waals surface area contributed by atoms with Crippen molar-refractivity contribution >= 4 is 5.91 Å². The van der Waals surface area contributed by atoms with Crippen LogP contribution in [0.3, 0.4) is 0 Å². The molecule has 20 heavy (non-hydrogen) atoms. The molecule has 1 aliphatic rings. The first-order valence-electron chi connectivity index (χ1n) is 7.38. The molecule has 4 heteroatoms. The monoisotopic (exact) mass is 276 g/mol. The fourth-order valence-corrected chi connectivity index (χ4v) is 2.39. The van der Waals surface area contributed by atoms with Crippen LogP contribution in [0, 0.1) is 6.92 Å². The Labute approximate surface area is 120 Å². The lowest BCUT2D eigenvalue weighted by atomic mass is 10.0. The van der Waals surface area contributed by atoms with Gasteiger partial charge in [-0.25, -0.2) is 0 Å². The van der Waals surface area contributed by atoms with Crippen molar-refractivity contribution in [3.8, 4) is 5.75 Å². The van der Waals surface area contributed by atoms with Crippen LogP contribution in [0.5, 0.6) is 5.75 Å². The number of benzene rings is 1. The van der Waals surface area contributed by atoms with E-state index in [0.717, 1.165) is 31.6 Å². The highest BCUT2D eigenvalue weighted by Crippen LogP contribution is 2.12. The van der Waals surface area contributed by atoms with Crippen LogP contribution in [0.25, 0.3) is 0 Å².